The smallest absolute Gasteiger partial charge is 0.150 e. The van der Waals surface area contributed by atoms with E-state index in [1.807, 2.05) is 31.3 Å². The van der Waals surface area contributed by atoms with Gasteiger partial charge in [-0.15, -0.1) is 0 Å². The fourth-order valence-electron chi connectivity index (χ4n) is 1.35. The summed E-state index contributed by atoms with van der Waals surface area (Å²) in [4.78, 5) is 0. The standard InChI is InChI=1S/C12H19NO3S/c1-10(13-2)11-5-4-6-12(9-11)16-7-8-17(3,14)15/h4-6,9-10,13H,7-8H2,1-3H3. The van der Waals surface area contributed by atoms with Gasteiger partial charge in [0.15, 0.2) is 9.84 Å². The molecule has 0 amide bonds. The number of sulfone groups is 1. The van der Waals surface area contributed by atoms with Gasteiger partial charge in [0.2, 0.25) is 0 Å². The molecular weight excluding hydrogens is 238 g/mol. The first-order valence-corrected chi connectivity index (χ1v) is 7.56. The van der Waals surface area contributed by atoms with Crippen LogP contribution in [0.5, 0.6) is 5.75 Å². The van der Waals surface area contributed by atoms with Crippen LogP contribution in [0.3, 0.4) is 0 Å². The van der Waals surface area contributed by atoms with E-state index in [9.17, 15) is 8.42 Å². The zero-order valence-electron chi connectivity index (χ0n) is 10.4. The molecule has 0 spiro atoms. The van der Waals surface area contributed by atoms with Gasteiger partial charge >= 0.3 is 0 Å². The predicted molar refractivity (Wildman–Crippen MR) is 69.1 cm³/mol. The Morgan fingerprint density at radius 1 is 1.41 bits per heavy atom. The van der Waals surface area contributed by atoms with Crippen molar-refractivity contribution < 1.29 is 13.2 Å². The fourth-order valence-corrected chi connectivity index (χ4v) is 1.74. The Labute approximate surface area is 103 Å². The molecule has 96 valence electrons. The van der Waals surface area contributed by atoms with Crippen molar-refractivity contribution in [2.24, 2.45) is 0 Å². The molecule has 0 aromatic heterocycles. The Balaban J connectivity index is 2.60. The Morgan fingerprint density at radius 2 is 2.12 bits per heavy atom. The van der Waals surface area contributed by atoms with Crippen LogP contribution in [0.4, 0.5) is 0 Å². The first kappa shape index (κ1) is 14.0. The van der Waals surface area contributed by atoms with E-state index in [-0.39, 0.29) is 18.4 Å². The van der Waals surface area contributed by atoms with Gasteiger partial charge in [-0.25, -0.2) is 8.42 Å². The lowest BCUT2D eigenvalue weighted by molar-refractivity contribution is 0.340. The van der Waals surface area contributed by atoms with E-state index < -0.39 is 9.84 Å². The summed E-state index contributed by atoms with van der Waals surface area (Å²) < 4.78 is 27.3. The molecule has 0 aliphatic carbocycles. The van der Waals surface area contributed by atoms with Gasteiger partial charge in [0.05, 0.1) is 5.75 Å². The summed E-state index contributed by atoms with van der Waals surface area (Å²) in [5.41, 5.74) is 1.12. The molecule has 0 saturated carbocycles. The van der Waals surface area contributed by atoms with E-state index >= 15 is 0 Å². The van der Waals surface area contributed by atoms with Crippen molar-refractivity contribution in [3.05, 3.63) is 29.8 Å². The molecule has 5 heteroatoms. The summed E-state index contributed by atoms with van der Waals surface area (Å²) in [5.74, 6) is 0.743. The number of hydrogen-bond acceptors (Lipinski definition) is 4. The molecule has 4 nitrogen and oxygen atoms in total. The van der Waals surface area contributed by atoms with Crippen molar-refractivity contribution >= 4 is 9.84 Å². The van der Waals surface area contributed by atoms with Crippen molar-refractivity contribution in [1.82, 2.24) is 5.32 Å². The molecule has 1 aromatic carbocycles. The highest BCUT2D eigenvalue weighted by molar-refractivity contribution is 7.90. The maximum Gasteiger partial charge on any atom is 0.150 e. The van der Waals surface area contributed by atoms with Crippen molar-refractivity contribution in [2.45, 2.75) is 13.0 Å². The van der Waals surface area contributed by atoms with Gasteiger partial charge in [0, 0.05) is 12.3 Å². The molecule has 0 aliphatic rings. The molecule has 1 aromatic rings. The van der Waals surface area contributed by atoms with Gasteiger partial charge in [-0.2, -0.15) is 0 Å². The molecule has 0 radical (unpaired) electrons. The Bertz CT molecular complexity index is 457. The van der Waals surface area contributed by atoms with Gasteiger partial charge in [0.1, 0.15) is 12.4 Å². The first-order chi connectivity index (χ1) is 7.92. The van der Waals surface area contributed by atoms with E-state index in [1.165, 1.54) is 6.26 Å². The van der Waals surface area contributed by atoms with Crippen LogP contribution in [-0.2, 0) is 9.84 Å². The summed E-state index contributed by atoms with van der Waals surface area (Å²) in [6, 6.07) is 7.90. The quantitative estimate of drug-likeness (QED) is 0.836. The molecule has 0 fully saturated rings. The van der Waals surface area contributed by atoms with E-state index in [4.69, 9.17) is 4.74 Å². The van der Waals surface area contributed by atoms with Gasteiger partial charge in [0.25, 0.3) is 0 Å². The third-order valence-electron chi connectivity index (χ3n) is 2.51. The predicted octanol–water partition coefficient (Wildman–Crippen LogP) is 1.39. The lowest BCUT2D eigenvalue weighted by Gasteiger charge is -2.12. The van der Waals surface area contributed by atoms with Crippen molar-refractivity contribution in [2.75, 3.05) is 25.7 Å². The second-order valence-corrected chi connectivity index (χ2v) is 6.32. The van der Waals surface area contributed by atoms with Crippen molar-refractivity contribution in [3.8, 4) is 5.75 Å². The van der Waals surface area contributed by atoms with Crippen LogP contribution >= 0.6 is 0 Å². The van der Waals surface area contributed by atoms with Gasteiger partial charge in [-0.1, -0.05) is 12.1 Å². The molecule has 17 heavy (non-hydrogen) atoms. The number of rotatable bonds is 6. The number of nitrogens with one attached hydrogen (secondary N) is 1. The highest BCUT2D eigenvalue weighted by Crippen LogP contribution is 2.18. The molecule has 0 saturated heterocycles. The highest BCUT2D eigenvalue weighted by atomic mass is 32.2. The summed E-state index contributed by atoms with van der Waals surface area (Å²) in [6.45, 7) is 2.24. The number of benzene rings is 1. The molecule has 1 N–H and O–H groups in total. The van der Waals surface area contributed by atoms with E-state index in [0.29, 0.717) is 5.75 Å². The van der Waals surface area contributed by atoms with Crippen LogP contribution in [0.15, 0.2) is 24.3 Å². The van der Waals surface area contributed by atoms with Crippen molar-refractivity contribution in [1.29, 1.82) is 0 Å². The second-order valence-electron chi connectivity index (χ2n) is 4.06. The zero-order chi connectivity index (χ0) is 12.9. The highest BCUT2D eigenvalue weighted by Gasteiger charge is 2.05. The van der Waals surface area contributed by atoms with Gasteiger partial charge in [-0.05, 0) is 31.7 Å². The van der Waals surface area contributed by atoms with E-state index in [0.717, 1.165) is 5.56 Å². The summed E-state index contributed by atoms with van der Waals surface area (Å²) in [6.07, 6.45) is 1.20. The van der Waals surface area contributed by atoms with Crippen LogP contribution < -0.4 is 10.1 Å². The van der Waals surface area contributed by atoms with E-state index in [1.54, 1.807) is 0 Å². The summed E-state index contributed by atoms with van der Waals surface area (Å²) in [7, 11) is -1.07. The minimum Gasteiger partial charge on any atom is -0.493 e. The lowest BCUT2D eigenvalue weighted by atomic mass is 10.1. The van der Waals surface area contributed by atoms with Crippen LogP contribution in [0, 0.1) is 0 Å². The third-order valence-corrected chi connectivity index (χ3v) is 3.42. The second kappa shape index (κ2) is 6.02. The van der Waals surface area contributed by atoms with Crippen LogP contribution in [0.25, 0.3) is 0 Å². The monoisotopic (exact) mass is 257 g/mol. The average molecular weight is 257 g/mol. The Morgan fingerprint density at radius 3 is 2.71 bits per heavy atom. The van der Waals surface area contributed by atoms with Crippen LogP contribution in [0.2, 0.25) is 0 Å². The molecule has 1 rings (SSSR count). The molecule has 0 bridgehead atoms. The maximum absolute atomic E-state index is 11.0. The molecule has 0 heterocycles. The van der Waals surface area contributed by atoms with Crippen LogP contribution in [0.1, 0.15) is 18.5 Å². The normalized spacial score (nSPS) is 13.4. The SMILES string of the molecule is CNC(C)c1cccc(OCCS(C)(=O)=O)c1. The van der Waals surface area contributed by atoms with E-state index in [2.05, 4.69) is 12.2 Å². The first-order valence-electron chi connectivity index (χ1n) is 5.50. The summed E-state index contributed by atoms with van der Waals surface area (Å²) >= 11 is 0. The number of hydrogen-bond donors (Lipinski definition) is 1. The van der Waals surface area contributed by atoms with Gasteiger partial charge in [-0.3, -0.25) is 0 Å². The molecule has 0 aliphatic heterocycles. The van der Waals surface area contributed by atoms with Crippen LogP contribution in [-0.4, -0.2) is 34.1 Å². The average Bonchev–Trinajstić information content (AvgIpc) is 2.27. The third kappa shape index (κ3) is 5.19. The molecule has 1 atom stereocenters. The zero-order valence-corrected chi connectivity index (χ0v) is 11.3. The number of ether oxygens (including phenoxy) is 1. The largest absolute Gasteiger partial charge is 0.493 e. The maximum atomic E-state index is 11.0. The lowest BCUT2D eigenvalue weighted by Crippen LogP contribution is -2.13. The van der Waals surface area contributed by atoms with Gasteiger partial charge < -0.3 is 10.1 Å². The minimum atomic E-state index is -2.96. The molecular formula is C12H19NO3S. The topological polar surface area (TPSA) is 55.4 Å². The molecule has 1 unspecified atom stereocenters. The minimum absolute atomic E-state index is 0.0405. The summed E-state index contributed by atoms with van der Waals surface area (Å²) in [5, 5.41) is 3.14. The fraction of sp³-hybridized carbons (Fsp3) is 0.500. The van der Waals surface area contributed by atoms with Crippen molar-refractivity contribution in [3.63, 3.8) is 0 Å². The Kier molecular flexibility index (Phi) is 4.96. The Hall–Kier alpha value is -1.07.